The van der Waals surface area contributed by atoms with Crippen LogP contribution in [0.5, 0.6) is 17.2 Å². The SMILES string of the molecule is CCOc1cc2c(cc1CN=Cc1cc([N+](=O)[O-])ccc1O)O[C@@H](C)C2. The molecule has 3 rings (SSSR count). The van der Waals surface area contributed by atoms with E-state index >= 15 is 0 Å². The molecule has 1 aliphatic heterocycles. The molecule has 0 unspecified atom stereocenters. The molecule has 0 fully saturated rings. The number of hydrogen-bond donors (Lipinski definition) is 1. The minimum atomic E-state index is -0.511. The lowest BCUT2D eigenvalue weighted by atomic mass is 10.1. The lowest BCUT2D eigenvalue weighted by Crippen LogP contribution is -2.05. The monoisotopic (exact) mass is 356 g/mol. The van der Waals surface area contributed by atoms with Gasteiger partial charge < -0.3 is 14.6 Å². The number of nitrogens with zero attached hydrogens (tertiary/aromatic N) is 2. The van der Waals surface area contributed by atoms with E-state index in [2.05, 4.69) is 4.99 Å². The van der Waals surface area contributed by atoms with Gasteiger partial charge in [0.1, 0.15) is 23.4 Å². The first kappa shape index (κ1) is 17.7. The van der Waals surface area contributed by atoms with E-state index < -0.39 is 4.92 Å². The second-order valence-electron chi connectivity index (χ2n) is 6.10. The molecule has 1 aliphatic rings. The zero-order valence-electron chi connectivity index (χ0n) is 14.6. The Hall–Kier alpha value is -3.09. The molecule has 0 saturated carbocycles. The van der Waals surface area contributed by atoms with E-state index in [1.807, 2.05) is 26.0 Å². The number of hydrogen-bond acceptors (Lipinski definition) is 6. The van der Waals surface area contributed by atoms with Gasteiger partial charge in [-0.25, -0.2) is 0 Å². The third kappa shape index (κ3) is 3.77. The Morgan fingerprint density at radius 2 is 2.23 bits per heavy atom. The fourth-order valence-electron chi connectivity index (χ4n) is 2.90. The van der Waals surface area contributed by atoms with Crippen LogP contribution >= 0.6 is 0 Å². The average molecular weight is 356 g/mol. The van der Waals surface area contributed by atoms with E-state index in [0.717, 1.165) is 29.0 Å². The maximum Gasteiger partial charge on any atom is 0.270 e. The van der Waals surface area contributed by atoms with E-state index in [0.29, 0.717) is 18.7 Å². The molecule has 1 atom stereocenters. The number of phenols is 1. The van der Waals surface area contributed by atoms with Gasteiger partial charge in [-0.1, -0.05) is 0 Å². The highest BCUT2D eigenvalue weighted by Crippen LogP contribution is 2.35. The van der Waals surface area contributed by atoms with Gasteiger partial charge in [-0.15, -0.1) is 0 Å². The smallest absolute Gasteiger partial charge is 0.270 e. The normalized spacial score (nSPS) is 15.7. The standard InChI is InChI=1S/C19H20N2O5/c1-3-25-18-8-13-6-12(2)26-19(13)9-15(18)11-20-10-14-7-16(21(23)24)4-5-17(14)22/h4-5,7-10,12,22H,3,6,11H2,1-2H3/t12-/m0/s1. The van der Waals surface area contributed by atoms with Crippen molar-refractivity contribution in [2.75, 3.05) is 6.61 Å². The summed E-state index contributed by atoms with van der Waals surface area (Å²) in [7, 11) is 0. The Morgan fingerprint density at radius 1 is 1.42 bits per heavy atom. The second-order valence-corrected chi connectivity index (χ2v) is 6.10. The van der Waals surface area contributed by atoms with Gasteiger partial charge in [-0.05, 0) is 32.0 Å². The van der Waals surface area contributed by atoms with Crippen LogP contribution in [0.25, 0.3) is 0 Å². The molecule has 0 saturated heterocycles. The molecule has 7 nitrogen and oxygen atoms in total. The number of benzene rings is 2. The summed E-state index contributed by atoms with van der Waals surface area (Å²) < 4.78 is 11.5. The highest BCUT2D eigenvalue weighted by atomic mass is 16.6. The van der Waals surface area contributed by atoms with E-state index in [-0.39, 0.29) is 17.5 Å². The van der Waals surface area contributed by atoms with Crippen molar-refractivity contribution in [3.63, 3.8) is 0 Å². The summed E-state index contributed by atoms with van der Waals surface area (Å²) >= 11 is 0. The van der Waals surface area contributed by atoms with E-state index in [1.165, 1.54) is 24.4 Å². The van der Waals surface area contributed by atoms with Gasteiger partial charge in [0.2, 0.25) is 0 Å². The number of nitro groups is 1. The van der Waals surface area contributed by atoms with Gasteiger partial charge >= 0.3 is 0 Å². The molecule has 0 aromatic heterocycles. The van der Waals surface area contributed by atoms with Crippen LogP contribution in [0.4, 0.5) is 5.69 Å². The Bertz CT molecular complexity index is 863. The highest BCUT2D eigenvalue weighted by Gasteiger charge is 2.21. The number of rotatable bonds is 6. The Kier molecular flexibility index (Phi) is 5.06. The van der Waals surface area contributed by atoms with Crippen LogP contribution in [0.2, 0.25) is 0 Å². The minimum absolute atomic E-state index is 0.0597. The number of nitro benzene ring substituents is 1. The molecule has 2 aromatic carbocycles. The number of ether oxygens (including phenoxy) is 2. The molecule has 0 aliphatic carbocycles. The molecular formula is C19H20N2O5. The third-order valence-electron chi connectivity index (χ3n) is 4.09. The molecule has 7 heteroatoms. The average Bonchev–Trinajstić information content (AvgIpc) is 2.95. The minimum Gasteiger partial charge on any atom is -0.507 e. The first-order valence-corrected chi connectivity index (χ1v) is 8.40. The molecule has 0 radical (unpaired) electrons. The number of aromatic hydroxyl groups is 1. The summed E-state index contributed by atoms with van der Waals surface area (Å²) in [6.07, 6.45) is 2.41. The topological polar surface area (TPSA) is 94.2 Å². The largest absolute Gasteiger partial charge is 0.507 e. The van der Waals surface area contributed by atoms with Crippen LogP contribution in [0.1, 0.15) is 30.5 Å². The quantitative estimate of drug-likeness (QED) is 0.484. The van der Waals surface area contributed by atoms with E-state index in [4.69, 9.17) is 9.47 Å². The summed E-state index contributed by atoms with van der Waals surface area (Å²) in [4.78, 5) is 14.7. The zero-order chi connectivity index (χ0) is 18.7. The number of aliphatic imine (C=N–C) groups is 1. The molecule has 136 valence electrons. The summed E-state index contributed by atoms with van der Waals surface area (Å²) in [5.41, 5.74) is 2.17. The molecular weight excluding hydrogens is 336 g/mol. The predicted molar refractivity (Wildman–Crippen MR) is 97.5 cm³/mol. The van der Waals surface area contributed by atoms with E-state index in [9.17, 15) is 15.2 Å². The van der Waals surface area contributed by atoms with Crippen molar-refractivity contribution in [3.8, 4) is 17.2 Å². The highest BCUT2D eigenvalue weighted by molar-refractivity contribution is 5.84. The summed E-state index contributed by atoms with van der Waals surface area (Å²) in [6, 6.07) is 7.73. The van der Waals surface area contributed by atoms with Crippen molar-refractivity contribution in [1.29, 1.82) is 0 Å². The first-order chi connectivity index (χ1) is 12.5. The van der Waals surface area contributed by atoms with Crippen molar-refractivity contribution in [2.24, 2.45) is 4.99 Å². The van der Waals surface area contributed by atoms with Gasteiger partial charge in [-0.3, -0.25) is 15.1 Å². The van der Waals surface area contributed by atoms with Crippen molar-refractivity contribution in [1.82, 2.24) is 0 Å². The zero-order valence-corrected chi connectivity index (χ0v) is 14.6. The van der Waals surface area contributed by atoms with Crippen LogP contribution in [-0.4, -0.2) is 29.0 Å². The van der Waals surface area contributed by atoms with Crippen molar-refractivity contribution < 1.29 is 19.5 Å². The molecule has 0 amide bonds. The fraction of sp³-hybridized carbons (Fsp3) is 0.316. The van der Waals surface area contributed by atoms with Gasteiger partial charge in [0, 0.05) is 41.5 Å². The second kappa shape index (κ2) is 7.43. The fourth-order valence-corrected chi connectivity index (χ4v) is 2.90. The predicted octanol–water partition coefficient (Wildman–Crippen LogP) is 3.64. The molecule has 0 spiro atoms. The first-order valence-electron chi connectivity index (χ1n) is 8.40. The van der Waals surface area contributed by atoms with Crippen molar-refractivity contribution in [2.45, 2.75) is 32.9 Å². The van der Waals surface area contributed by atoms with Crippen LogP contribution < -0.4 is 9.47 Å². The number of phenolic OH excluding ortho intramolecular Hbond substituents is 1. The summed E-state index contributed by atoms with van der Waals surface area (Å²) in [6.45, 7) is 4.78. The maximum atomic E-state index is 10.9. The van der Waals surface area contributed by atoms with Gasteiger partial charge in [0.05, 0.1) is 18.1 Å². The Labute approximate surface area is 151 Å². The lowest BCUT2D eigenvalue weighted by molar-refractivity contribution is -0.384. The van der Waals surface area contributed by atoms with Crippen LogP contribution in [-0.2, 0) is 13.0 Å². The number of fused-ring (bicyclic) bond motifs is 1. The number of non-ortho nitro benzene ring substituents is 1. The van der Waals surface area contributed by atoms with Crippen LogP contribution in [0, 0.1) is 10.1 Å². The van der Waals surface area contributed by atoms with Crippen LogP contribution in [0.3, 0.4) is 0 Å². The molecule has 26 heavy (non-hydrogen) atoms. The molecule has 1 heterocycles. The molecule has 2 aromatic rings. The molecule has 1 N–H and O–H groups in total. The Balaban J connectivity index is 1.83. The summed E-state index contributed by atoms with van der Waals surface area (Å²) in [5, 5.41) is 20.7. The van der Waals surface area contributed by atoms with Gasteiger partial charge in [0.25, 0.3) is 5.69 Å². The van der Waals surface area contributed by atoms with E-state index in [1.54, 1.807) is 0 Å². The van der Waals surface area contributed by atoms with Gasteiger partial charge in [-0.2, -0.15) is 0 Å². The van der Waals surface area contributed by atoms with Crippen molar-refractivity contribution in [3.05, 3.63) is 57.1 Å². The maximum absolute atomic E-state index is 10.9. The van der Waals surface area contributed by atoms with Crippen molar-refractivity contribution >= 4 is 11.9 Å². The lowest BCUT2D eigenvalue weighted by Gasteiger charge is -2.11. The summed E-state index contributed by atoms with van der Waals surface area (Å²) in [5.74, 6) is 1.53. The molecule has 0 bridgehead atoms. The Morgan fingerprint density at radius 3 is 2.96 bits per heavy atom. The van der Waals surface area contributed by atoms with Gasteiger partial charge in [0.15, 0.2) is 0 Å². The third-order valence-corrected chi connectivity index (χ3v) is 4.09. The van der Waals surface area contributed by atoms with Crippen LogP contribution in [0.15, 0.2) is 35.3 Å².